The molecule has 2 aromatic carbocycles. The zero-order chi connectivity index (χ0) is 22.1. The molecule has 30 heavy (non-hydrogen) atoms. The highest BCUT2D eigenvalue weighted by Gasteiger charge is 2.51. The van der Waals surface area contributed by atoms with Crippen LogP contribution in [0.1, 0.15) is 83.2 Å². The third kappa shape index (κ3) is 3.36. The molecule has 0 aromatic heterocycles. The molecule has 0 saturated carbocycles. The fourth-order valence-corrected chi connectivity index (χ4v) is 4.62. The Morgan fingerprint density at radius 2 is 1.77 bits per heavy atom. The Morgan fingerprint density at radius 3 is 2.37 bits per heavy atom. The monoisotopic (exact) mass is 406 g/mol. The number of nitrogens with one attached hydrogen (secondary N) is 1. The Labute approximate surface area is 180 Å². The Hall–Kier alpha value is -2.49. The molecule has 2 aliphatic rings. The van der Waals surface area contributed by atoms with Crippen molar-refractivity contribution in [2.75, 3.05) is 4.90 Å². The topological polar surface area (TPSA) is 41.6 Å². The van der Waals surface area contributed by atoms with E-state index in [9.17, 15) is 4.79 Å². The predicted molar refractivity (Wildman–Crippen MR) is 122 cm³/mol. The predicted octanol–water partition coefficient (Wildman–Crippen LogP) is 6.36. The van der Waals surface area contributed by atoms with Crippen LogP contribution in [0.25, 0.3) is 0 Å². The zero-order valence-electron chi connectivity index (χ0n) is 19.5. The quantitative estimate of drug-likeness (QED) is 0.599. The maximum absolute atomic E-state index is 13.2. The first-order chi connectivity index (χ1) is 13.8. The summed E-state index contributed by atoms with van der Waals surface area (Å²) in [7, 11) is 0. The summed E-state index contributed by atoms with van der Waals surface area (Å²) < 4.78 is 6.76. The highest BCUT2D eigenvalue weighted by molar-refractivity contribution is 5.95. The van der Waals surface area contributed by atoms with Crippen molar-refractivity contribution in [2.45, 2.75) is 84.4 Å². The number of ether oxygens (including phenoxy) is 1. The number of benzene rings is 2. The van der Waals surface area contributed by atoms with E-state index in [1.807, 2.05) is 38.1 Å². The summed E-state index contributed by atoms with van der Waals surface area (Å²) in [6.45, 7) is 17.4. The Bertz CT molecular complexity index is 1010. The van der Waals surface area contributed by atoms with E-state index in [0.29, 0.717) is 6.42 Å². The minimum atomic E-state index is -0.739. The molecule has 160 valence electrons. The van der Waals surface area contributed by atoms with Gasteiger partial charge < -0.3 is 10.1 Å². The highest BCUT2D eigenvalue weighted by Crippen LogP contribution is 2.50. The van der Waals surface area contributed by atoms with Gasteiger partial charge in [0.05, 0.1) is 6.04 Å². The molecule has 1 saturated heterocycles. The van der Waals surface area contributed by atoms with E-state index in [1.165, 1.54) is 11.1 Å². The second kappa shape index (κ2) is 6.50. The molecule has 2 heterocycles. The van der Waals surface area contributed by atoms with Crippen LogP contribution in [0.3, 0.4) is 0 Å². The van der Waals surface area contributed by atoms with Gasteiger partial charge in [0.1, 0.15) is 5.75 Å². The zero-order valence-corrected chi connectivity index (χ0v) is 19.5. The second-order valence-electron chi connectivity index (χ2n) is 11.1. The minimum Gasteiger partial charge on any atom is -0.467 e. The third-order valence-electron chi connectivity index (χ3n) is 6.31. The van der Waals surface area contributed by atoms with Gasteiger partial charge in [0.2, 0.25) is 0 Å². The minimum absolute atomic E-state index is 0.0159. The van der Waals surface area contributed by atoms with Crippen molar-refractivity contribution in [1.29, 1.82) is 0 Å². The van der Waals surface area contributed by atoms with Crippen LogP contribution >= 0.6 is 0 Å². The molecule has 4 heteroatoms. The number of hydrogen-bond donors (Lipinski definition) is 1. The van der Waals surface area contributed by atoms with Gasteiger partial charge in [-0.25, -0.2) is 4.79 Å². The lowest BCUT2D eigenvalue weighted by molar-refractivity contribution is 0.0358. The average molecular weight is 407 g/mol. The number of hydrogen-bond acceptors (Lipinski definition) is 2. The maximum atomic E-state index is 13.2. The summed E-state index contributed by atoms with van der Waals surface area (Å²) in [4.78, 5) is 15.0. The summed E-state index contributed by atoms with van der Waals surface area (Å²) in [6, 6.07) is 12.4. The van der Waals surface area contributed by atoms with Gasteiger partial charge in [-0.05, 0) is 54.0 Å². The van der Waals surface area contributed by atoms with Gasteiger partial charge in [0, 0.05) is 23.2 Å². The molecular weight excluding hydrogens is 372 g/mol. The standard InChI is InChI=1S/C26H34N2O2/c1-16-10-9-11-18(12-16)28-23(29)27-21-15-26(28,8)30-22-19(21)13-17(24(2,3)4)14-20(22)25(5,6)7/h9-14,21H,15H2,1-8H3,(H,27,29)/t21-,26+/m0/s1. The van der Waals surface area contributed by atoms with Crippen molar-refractivity contribution >= 4 is 11.7 Å². The van der Waals surface area contributed by atoms with Crippen LogP contribution in [0.5, 0.6) is 5.75 Å². The number of anilines is 1. The molecule has 0 spiro atoms. The van der Waals surface area contributed by atoms with Crippen molar-refractivity contribution in [1.82, 2.24) is 5.32 Å². The molecule has 0 unspecified atom stereocenters. The van der Waals surface area contributed by atoms with Crippen molar-refractivity contribution in [3.05, 3.63) is 58.7 Å². The van der Waals surface area contributed by atoms with Crippen LogP contribution in [0.4, 0.5) is 10.5 Å². The smallest absolute Gasteiger partial charge is 0.325 e. The van der Waals surface area contributed by atoms with Crippen molar-refractivity contribution in [3.8, 4) is 5.75 Å². The van der Waals surface area contributed by atoms with Gasteiger partial charge in [-0.3, -0.25) is 4.90 Å². The van der Waals surface area contributed by atoms with E-state index in [4.69, 9.17) is 4.74 Å². The fraction of sp³-hybridized carbons (Fsp3) is 0.500. The number of fused-ring (bicyclic) bond motifs is 4. The number of amides is 2. The third-order valence-corrected chi connectivity index (χ3v) is 6.31. The first-order valence-corrected chi connectivity index (χ1v) is 10.8. The van der Waals surface area contributed by atoms with Gasteiger partial charge in [-0.15, -0.1) is 0 Å². The number of carbonyl (C=O) groups is 1. The van der Waals surface area contributed by atoms with Crippen LogP contribution < -0.4 is 15.0 Å². The van der Waals surface area contributed by atoms with Crippen LogP contribution in [0.15, 0.2) is 36.4 Å². The lowest BCUT2D eigenvalue weighted by atomic mass is 9.76. The summed E-state index contributed by atoms with van der Waals surface area (Å²) in [5.74, 6) is 0.923. The van der Waals surface area contributed by atoms with Crippen LogP contribution in [0, 0.1) is 6.92 Å². The Kier molecular flexibility index (Phi) is 4.50. The second-order valence-corrected chi connectivity index (χ2v) is 11.1. The molecule has 1 N–H and O–H groups in total. The summed E-state index contributed by atoms with van der Waals surface area (Å²) in [6.07, 6.45) is 0.705. The maximum Gasteiger partial charge on any atom is 0.325 e. The van der Waals surface area contributed by atoms with Gasteiger partial charge in [-0.2, -0.15) is 0 Å². The largest absolute Gasteiger partial charge is 0.467 e. The Balaban J connectivity index is 1.89. The van der Waals surface area contributed by atoms with Crippen LogP contribution in [-0.4, -0.2) is 11.8 Å². The molecule has 2 amide bonds. The average Bonchev–Trinajstić information content (AvgIpc) is 2.58. The molecule has 2 bridgehead atoms. The van der Waals surface area contributed by atoms with Gasteiger partial charge >= 0.3 is 6.03 Å². The van der Waals surface area contributed by atoms with Crippen molar-refractivity contribution in [3.63, 3.8) is 0 Å². The first kappa shape index (κ1) is 20.8. The van der Waals surface area contributed by atoms with Crippen LogP contribution in [0.2, 0.25) is 0 Å². The molecule has 0 aliphatic carbocycles. The fourth-order valence-electron chi connectivity index (χ4n) is 4.62. The van der Waals surface area contributed by atoms with E-state index in [2.05, 4.69) is 59.0 Å². The SMILES string of the molecule is Cc1cccc(N2C(=O)N[C@H]3C[C@@]2(C)Oc2c3cc(C(C)(C)C)cc2C(C)(C)C)c1. The van der Waals surface area contributed by atoms with E-state index in [1.54, 1.807) is 4.90 Å². The van der Waals surface area contributed by atoms with E-state index >= 15 is 0 Å². The number of nitrogens with zero attached hydrogens (tertiary/aromatic N) is 1. The summed E-state index contributed by atoms with van der Waals surface area (Å²) in [5, 5.41) is 3.26. The van der Waals surface area contributed by atoms with Crippen LogP contribution in [-0.2, 0) is 10.8 Å². The summed E-state index contributed by atoms with van der Waals surface area (Å²) >= 11 is 0. The molecule has 0 radical (unpaired) electrons. The molecule has 4 rings (SSSR count). The molecule has 2 atom stereocenters. The molecule has 2 aromatic rings. The Morgan fingerprint density at radius 1 is 1.07 bits per heavy atom. The highest BCUT2D eigenvalue weighted by atomic mass is 16.5. The van der Waals surface area contributed by atoms with Gasteiger partial charge in [0.15, 0.2) is 5.72 Å². The number of urea groups is 1. The van der Waals surface area contributed by atoms with Crippen molar-refractivity contribution in [2.24, 2.45) is 0 Å². The number of carbonyl (C=O) groups excluding carboxylic acids is 1. The van der Waals surface area contributed by atoms with Gasteiger partial charge in [-0.1, -0.05) is 59.7 Å². The van der Waals surface area contributed by atoms with Gasteiger partial charge in [0.25, 0.3) is 0 Å². The number of rotatable bonds is 1. The first-order valence-electron chi connectivity index (χ1n) is 10.8. The molecule has 1 fully saturated rings. The van der Waals surface area contributed by atoms with Crippen molar-refractivity contribution < 1.29 is 9.53 Å². The lowest BCUT2D eigenvalue weighted by Gasteiger charge is -2.51. The molecule has 2 aliphatic heterocycles. The molecule has 4 nitrogen and oxygen atoms in total. The van der Waals surface area contributed by atoms with E-state index in [-0.39, 0.29) is 22.9 Å². The normalized spacial score (nSPS) is 23.5. The van der Waals surface area contributed by atoms with E-state index < -0.39 is 5.72 Å². The number of aryl methyl sites for hydroxylation is 1. The summed E-state index contributed by atoms with van der Waals surface area (Å²) in [5.41, 5.74) is 4.75. The molecular formula is C26H34N2O2. The van der Waals surface area contributed by atoms with E-state index in [0.717, 1.165) is 22.6 Å². The lowest BCUT2D eigenvalue weighted by Crippen LogP contribution is -2.65.